The van der Waals surface area contributed by atoms with Gasteiger partial charge in [0.15, 0.2) is 0 Å². The van der Waals surface area contributed by atoms with Gasteiger partial charge in [0, 0.05) is 23.4 Å². The highest BCUT2D eigenvalue weighted by Crippen LogP contribution is 2.15. The Hall–Kier alpha value is -0.940. The predicted molar refractivity (Wildman–Crippen MR) is 63.3 cm³/mol. The van der Waals surface area contributed by atoms with Crippen molar-refractivity contribution in [1.82, 2.24) is 9.88 Å². The molecule has 16 heavy (non-hydrogen) atoms. The van der Waals surface area contributed by atoms with Crippen LogP contribution in [0, 0.1) is 0 Å². The second kappa shape index (κ2) is 4.93. The molecule has 2 heterocycles. The van der Waals surface area contributed by atoms with Crippen LogP contribution in [0.1, 0.15) is 17.3 Å². The molecule has 1 unspecified atom stereocenters. The van der Waals surface area contributed by atoms with Crippen LogP contribution in [0.4, 0.5) is 0 Å². The van der Waals surface area contributed by atoms with Crippen LogP contribution in [-0.2, 0) is 4.74 Å². The van der Waals surface area contributed by atoms with E-state index in [4.69, 9.17) is 4.74 Å². The van der Waals surface area contributed by atoms with E-state index in [1.54, 1.807) is 18.5 Å². The molecule has 1 aromatic rings. The molecule has 4 nitrogen and oxygen atoms in total. The van der Waals surface area contributed by atoms with Crippen molar-refractivity contribution in [2.75, 3.05) is 19.8 Å². The number of ether oxygens (including phenoxy) is 1. The van der Waals surface area contributed by atoms with Gasteiger partial charge < -0.3 is 9.64 Å². The van der Waals surface area contributed by atoms with Crippen LogP contribution in [0.2, 0.25) is 0 Å². The third-order valence-corrected chi connectivity index (χ3v) is 3.01. The first-order valence-corrected chi connectivity index (χ1v) is 5.97. The SMILES string of the molecule is CC1COCCN1C(=O)c1cncc(Br)c1. The maximum absolute atomic E-state index is 12.2. The summed E-state index contributed by atoms with van der Waals surface area (Å²) in [6.07, 6.45) is 3.26. The molecule has 0 bridgehead atoms. The highest BCUT2D eigenvalue weighted by atomic mass is 79.9. The standard InChI is InChI=1S/C11H13BrN2O2/c1-8-7-16-3-2-14(8)11(15)9-4-10(12)6-13-5-9/h4-6,8H,2-3,7H2,1H3. The summed E-state index contributed by atoms with van der Waals surface area (Å²) in [5.74, 6) is 0.0181. The Morgan fingerprint density at radius 3 is 3.12 bits per heavy atom. The Morgan fingerprint density at radius 2 is 2.44 bits per heavy atom. The van der Waals surface area contributed by atoms with Crippen molar-refractivity contribution in [3.63, 3.8) is 0 Å². The second-order valence-electron chi connectivity index (χ2n) is 3.81. The van der Waals surface area contributed by atoms with Gasteiger partial charge in [-0.25, -0.2) is 0 Å². The van der Waals surface area contributed by atoms with Gasteiger partial charge in [-0.1, -0.05) is 0 Å². The van der Waals surface area contributed by atoms with E-state index < -0.39 is 0 Å². The minimum atomic E-state index is 0.0181. The van der Waals surface area contributed by atoms with Gasteiger partial charge >= 0.3 is 0 Å². The van der Waals surface area contributed by atoms with E-state index in [0.29, 0.717) is 25.3 Å². The highest BCUT2D eigenvalue weighted by Gasteiger charge is 2.24. The summed E-state index contributed by atoms with van der Waals surface area (Å²) in [6.45, 7) is 3.85. The Balaban J connectivity index is 2.17. The van der Waals surface area contributed by atoms with Crippen molar-refractivity contribution in [1.29, 1.82) is 0 Å². The fraction of sp³-hybridized carbons (Fsp3) is 0.455. The van der Waals surface area contributed by atoms with Crippen LogP contribution in [0.5, 0.6) is 0 Å². The van der Waals surface area contributed by atoms with Crippen molar-refractivity contribution in [2.24, 2.45) is 0 Å². The average molecular weight is 285 g/mol. The van der Waals surface area contributed by atoms with Crippen LogP contribution >= 0.6 is 15.9 Å². The first-order valence-electron chi connectivity index (χ1n) is 5.18. The topological polar surface area (TPSA) is 42.4 Å². The molecule has 0 radical (unpaired) electrons. The van der Waals surface area contributed by atoms with Crippen molar-refractivity contribution in [3.05, 3.63) is 28.5 Å². The molecule has 1 fully saturated rings. The molecule has 1 aromatic heterocycles. The Labute approximate surface area is 103 Å². The smallest absolute Gasteiger partial charge is 0.255 e. The lowest BCUT2D eigenvalue weighted by atomic mass is 10.2. The van der Waals surface area contributed by atoms with Crippen molar-refractivity contribution in [2.45, 2.75) is 13.0 Å². The summed E-state index contributed by atoms with van der Waals surface area (Å²) >= 11 is 3.31. The van der Waals surface area contributed by atoms with Crippen LogP contribution in [0.15, 0.2) is 22.9 Å². The number of hydrogen-bond acceptors (Lipinski definition) is 3. The minimum Gasteiger partial charge on any atom is -0.377 e. The number of aromatic nitrogens is 1. The normalized spacial score (nSPS) is 20.9. The fourth-order valence-corrected chi connectivity index (χ4v) is 2.09. The van der Waals surface area contributed by atoms with E-state index >= 15 is 0 Å². The number of amides is 1. The number of morpholine rings is 1. The molecular weight excluding hydrogens is 272 g/mol. The van der Waals surface area contributed by atoms with Crippen molar-refractivity contribution >= 4 is 21.8 Å². The monoisotopic (exact) mass is 284 g/mol. The number of rotatable bonds is 1. The molecule has 0 spiro atoms. The molecule has 5 heteroatoms. The minimum absolute atomic E-state index is 0.0181. The van der Waals surface area contributed by atoms with E-state index in [2.05, 4.69) is 20.9 Å². The van der Waals surface area contributed by atoms with Crippen molar-refractivity contribution < 1.29 is 9.53 Å². The van der Waals surface area contributed by atoms with Gasteiger partial charge in [0.25, 0.3) is 5.91 Å². The maximum Gasteiger partial charge on any atom is 0.255 e. The zero-order valence-corrected chi connectivity index (χ0v) is 10.6. The van der Waals surface area contributed by atoms with E-state index in [-0.39, 0.29) is 11.9 Å². The van der Waals surface area contributed by atoms with Crippen LogP contribution in [-0.4, -0.2) is 41.6 Å². The summed E-state index contributed by atoms with van der Waals surface area (Å²) in [5, 5.41) is 0. The first kappa shape index (κ1) is 11.5. The quantitative estimate of drug-likeness (QED) is 0.788. The summed E-state index contributed by atoms with van der Waals surface area (Å²) < 4.78 is 6.12. The number of hydrogen-bond donors (Lipinski definition) is 0. The Morgan fingerprint density at radius 1 is 1.62 bits per heavy atom. The van der Waals surface area contributed by atoms with Crippen LogP contribution in [0.25, 0.3) is 0 Å². The molecule has 0 aliphatic carbocycles. The van der Waals surface area contributed by atoms with Crippen LogP contribution in [0.3, 0.4) is 0 Å². The number of pyridine rings is 1. The molecule has 0 N–H and O–H groups in total. The van der Waals surface area contributed by atoms with Gasteiger partial charge in [0.1, 0.15) is 0 Å². The maximum atomic E-state index is 12.2. The fourth-order valence-electron chi connectivity index (χ4n) is 1.72. The zero-order chi connectivity index (χ0) is 11.5. The summed E-state index contributed by atoms with van der Waals surface area (Å²) in [5.41, 5.74) is 0.614. The zero-order valence-electron chi connectivity index (χ0n) is 9.02. The molecule has 0 aromatic carbocycles. The molecule has 86 valence electrons. The van der Waals surface area contributed by atoms with Gasteiger partial charge in [0.05, 0.1) is 24.8 Å². The van der Waals surface area contributed by atoms with Crippen LogP contribution < -0.4 is 0 Å². The molecule has 1 amide bonds. The lowest BCUT2D eigenvalue weighted by Gasteiger charge is -2.33. The van der Waals surface area contributed by atoms with E-state index in [1.807, 2.05) is 11.8 Å². The average Bonchev–Trinajstić information content (AvgIpc) is 2.29. The summed E-state index contributed by atoms with van der Waals surface area (Å²) in [7, 11) is 0. The van der Waals surface area contributed by atoms with Gasteiger partial charge in [0.2, 0.25) is 0 Å². The number of nitrogens with zero attached hydrogens (tertiary/aromatic N) is 2. The number of carbonyl (C=O) groups excluding carboxylic acids is 1. The largest absolute Gasteiger partial charge is 0.377 e. The van der Waals surface area contributed by atoms with E-state index in [0.717, 1.165) is 4.47 Å². The molecule has 1 aliphatic rings. The Bertz CT molecular complexity index is 397. The van der Waals surface area contributed by atoms with Gasteiger partial charge in [-0.2, -0.15) is 0 Å². The van der Waals surface area contributed by atoms with Gasteiger partial charge in [-0.15, -0.1) is 0 Å². The van der Waals surface area contributed by atoms with Crippen molar-refractivity contribution in [3.8, 4) is 0 Å². The molecule has 1 aliphatic heterocycles. The lowest BCUT2D eigenvalue weighted by Crippen LogP contribution is -2.47. The van der Waals surface area contributed by atoms with Gasteiger partial charge in [-0.3, -0.25) is 9.78 Å². The molecule has 0 saturated carbocycles. The highest BCUT2D eigenvalue weighted by molar-refractivity contribution is 9.10. The molecular formula is C11H13BrN2O2. The molecule has 1 saturated heterocycles. The number of carbonyl (C=O) groups is 1. The Kier molecular flexibility index (Phi) is 3.56. The third-order valence-electron chi connectivity index (χ3n) is 2.58. The predicted octanol–water partition coefficient (Wildman–Crippen LogP) is 1.70. The molecule has 1 atom stereocenters. The van der Waals surface area contributed by atoms with E-state index in [1.165, 1.54) is 0 Å². The number of halogens is 1. The summed E-state index contributed by atoms with van der Waals surface area (Å²) in [4.78, 5) is 18.0. The lowest BCUT2D eigenvalue weighted by molar-refractivity contribution is 0.00357. The van der Waals surface area contributed by atoms with E-state index in [9.17, 15) is 4.79 Å². The second-order valence-corrected chi connectivity index (χ2v) is 4.73. The first-order chi connectivity index (χ1) is 7.68. The molecule has 2 rings (SSSR count). The third kappa shape index (κ3) is 2.41. The summed E-state index contributed by atoms with van der Waals surface area (Å²) in [6, 6.07) is 1.91. The van der Waals surface area contributed by atoms with Gasteiger partial charge in [-0.05, 0) is 28.9 Å².